The monoisotopic (exact) mass is 698 g/mol. The van der Waals surface area contributed by atoms with Crippen LogP contribution in [0.1, 0.15) is 91.9 Å². The molecule has 1 amide bonds. The van der Waals surface area contributed by atoms with Gasteiger partial charge < -0.3 is 35.3 Å². The van der Waals surface area contributed by atoms with Crippen molar-refractivity contribution < 1.29 is 58.7 Å². The number of rotatable bonds is 14. The van der Waals surface area contributed by atoms with Crippen molar-refractivity contribution >= 4 is 23.6 Å². The van der Waals surface area contributed by atoms with Gasteiger partial charge in [0.25, 0.3) is 5.09 Å². The summed E-state index contributed by atoms with van der Waals surface area (Å²) in [5.74, 6) is -5.51. The van der Waals surface area contributed by atoms with E-state index in [-0.39, 0.29) is 36.6 Å². The number of hydrogen-bond acceptors (Lipinski definition) is 11. The molecule has 5 N–H and O–H groups in total. The molecule has 0 aromatic carbocycles. The standard InChI is InChI=1S/C31H43FN2O10.C3H8O2/c1-30-12-6-5-8-20(30)22(32)14-18-19-10-11-21(31(19,2)16-24(35)28(18)30)25(36)17-43-27(38)15-23(29(39)40)33-26(37)9-4-3-7-13-44-34(41)42;1-3(2,4)5/h6,8,12,18-19,21-24,28,35H,3-5,7,9-11,13-17H2,1-2H3,(H,33,37)(H,39,40);4-5H,1-2H3/t18-,19?,21?,22-,23?,24-,28+,30-,31-;/m0./s1. The third-order valence-electron chi connectivity index (χ3n) is 10.5. The van der Waals surface area contributed by atoms with Crippen molar-refractivity contribution in [3.8, 4) is 0 Å². The minimum absolute atomic E-state index is 0.0275. The van der Waals surface area contributed by atoms with Gasteiger partial charge in [-0.15, -0.1) is 10.1 Å². The fourth-order valence-corrected chi connectivity index (χ4v) is 8.66. The molecule has 3 saturated carbocycles. The topological polar surface area (TPSA) is 223 Å². The molecule has 0 aromatic heterocycles. The summed E-state index contributed by atoms with van der Waals surface area (Å²) in [7, 11) is 0. The van der Waals surface area contributed by atoms with E-state index in [0.29, 0.717) is 51.4 Å². The van der Waals surface area contributed by atoms with Crippen LogP contribution in [-0.4, -0.2) is 86.5 Å². The second kappa shape index (κ2) is 16.5. The number of nitrogens with zero attached hydrogens (tertiary/aromatic N) is 1. The second-order valence-electron chi connectivity index (χ2n) is 14.6. The predicted octanol–water partition coefficient (Wildman–Crippen LogP) is 3.20. The number of ketones is 1. The molecule has 0 aromatic rings. The lowest BCUT2D eigenvalue weighted by atomic mass is 9.46. The molecule has 49 heavy (non-hydrogen) atoms. The number of alkyl halides is 1. The molecule has 0 radical (unpaired) electrons. The predicted molar refractivity (Wildman–Crippen MR) is 171 cm³/mol. The average molecular weight is 699 g/mol. The number of ether oxygens (including phenoxy) is 1. The van der Waals surface area contributed by atoms with Crippen LogP contribution < -0.4 is 5.32 Å². The molecule has 4 rings (SSSR count). The first-order valence-electron chi connectivity index (χ1n) is 16.9. The van der Waals surface area contributed by atoms with Gasteiger partial charge in [0, 0.05) is 23.7 Å². The molecule has 4 aliphatic rings. The number of unbranched alkanes of at least 4 members (excludes halogenated alkanes) is 2. The van der Waals surface area contributed by atoms with E-state index in [9.17, 15) is 39.5 Å². The van der Waals surface area contributed by atoms with Gasteiger partial charge in [0.15, 0.2) is 11.6 Å². The number of aliphatic hydroxyl groups excluding tert-OH is 1. The van der Waals surface area contributed by atoms with Crippen LogP contribution >= 0.6 is 0 Å². The normalized spacial score (nSPS) is 32.1. The number of aliphatic carboxylic acids is 1. The van der Waals surface area contributed by atoms with Gasteiger partial charge in [-0.05, 0) is 81.6 Å². The Balaban J connectivity index is 0.00000121. The van der Waals surface area contributed by atoms with Gasteiger partial charge in [-0.1, -0.05) is 38.5 Å². The number of hydrogen-bond donors (Lipinski definition) is 5. The van der Waals surface area contributed by atoms with E-state index in [0.717, 1.165) is 5.57 Å². The SMILES string of the molecule is CC(C)(O)O.C[C@]12C[C@H](O)[C@H]3[C@@H](C[C@H](F)C4=CCC=C[C@@]43C)C1CCC2C(=O)COC(=O)CC(NC(=O)CCCCCO[N+](=O)[O-])C(=O)O. The van der Waals surface area contributed by atoms with Gasteiger partial charge in [0.2, 0.25) is 5.91 Å². The maximum Gasteiger partial charge on any atom is 0.326 e. The Morgan fingerprint density at radius 1 is 1.16 bits per heavy atom. The van der Waals surface area contributed by atoms with Gasteiger partial charge in [-0.25, -0.2) is 9.18 Å². The lowest BCUT2D eigenvalue weighted by Crippen LogP contribution is -2.58. The van der Waals surface area contributed by atoms with Crippen molar-refractivity contribution in [1.82, 2.24) is 5.32 Å². The molecule has 9 atom stereocenters. The van der Waals surface area contributed by atoms with Crippen LogP contribution in [0.25, 0.3) is 0 Å². The Morgan fingerprint density at radius 2 is 1.84 bits per heavy atom. The van der Waals surface area contributed by atoms with E-state index in [1.165, 1.54) is 13.8 Å². The Kier molecular flexibility index (Phi) is 13.5. The highest BCUT2D eigenvalue weighted by Gasteiger charge is 2.63. The summed E-state index contributed by atoms with van der Waals surface area (Å²) >= 11 is 0. The van der Waals surface area contributed by atoms with E-state index in [1.54, 1.807) is 0 Å². The number of halogens is 1. The summed E-state index contributed by atoms with van der Waals surface area (Å²) < 4.78 is 20.7. The Bertz CT molecular complexity index is 1290. The van der Waals surface area contributed by atoms with Crippen LogP contribution in [0.4, 0.5) is 4.39 Å². The van der Waals surface area contributed by atoms with Crippen LogP contribution in [0.3, 0.4) is 0 Å². The Labute approximate surface area is 285 Å². The lowest BCUT2D eigenvalue weighted by Gasteiger charge is -2.59. The van der Waals surface area contributed by atoms with E-state index in [1.807, 2.05) is 32.1 Å². The zero-order valence-electron chi connectivity index (χ0n) is 28.6. The summed E-state index contributed by atoms with van der Waals surface area (Å²) in [4.78, 5) is 64.0. The van der Waals surface area contributed by atoms with Crippen LogP contribution in [0.15, 0.2) is 23.8 Å². The van der Waals surface area contributed by atoms with E-state index in [4.69, 9.17) is 14.9 Å². The van der Waals surface area contributed by atoms with E-state index < -0.39 is 76.8 Å². The smallest absolute Gasteiger partial charge is 0.326 e. The molecule has 3 unspecified atom stereocenters. The highest BCUT2D eigenvalue weighted by atomic mass is 19.1. The molecule has 0 bridgehead atoms. The molecule has 0 spiro atoms. The highest BCUT2D eigenvalue weighted by Crippen LogP contribution is 2.66. The minimum atomic E-state index is -1.55. The fraction of sp³-hybridized carbons (Fsp3) is 0.765. The maximum absolute atomic E-state index is 15.5. The number of allylic oxidation sites excluding steroid dienone is 4. The number of carbonyl (C=O) groups excluding carboxylic acids is 3. The molecule has 15 heteroatoms. The Morgan fingerprint density at radius 3 is 2.47 bits per heavy atom. The lowest BCUT2D eigenvalue weighted by molar-refractivity contribution is -0.757. The quantitative estimate of drug-likeness (QED) is 0.0441. The molecule has 276 valence electrons. The molecule has 14 nitrogen and oxygen atoms in total. The number of Topliss-reactive ketones (excluding diaryl/α,β-unsaturated/α-hetero) is 1. The number of fused-ring (bicyclic) bond motifs is 5. The molecular formula is C34H51FN2O12. The molecular weight excluding hydrogens is 647 g/mol. The van der Waals surface area contributed by atoms with Crippen LogP contribution in [0.5, 0.6) is 0 Å². The number of carboxylic acid groups (broad SMARTS) is 1. The van der Waals surface area contributed by atoms with Crippen molar-refractivity contribution in [2.45, 2.75) is 116 Å². The van der Waals surface area contributed by atoms with Gasteiger partial charge in [0.05, 0.1) is 19.1 Å². The van der Waals surface area contributed by atoms with Gasteiger partial charge in [-0.3, -0.25) is 14.4 Å². The number of amides is 1. The summed E-state index contributed by atoms with van der Waals surface area (Å²) in [5.41, 5.74) is -0.409. The first kappa shape index (κ1) is 40.0. The zero-order valence-corrected chi connectivity index (χ0v) is 28.6. The third kappa shape index (κ3) is 10.3. The van der Waals surface area contributed by atoms with Crippen LogP contribution in [-0.2, 0) is 28.8 Å². The summed E-state index contributed by atoms with van der Waals surface area (Å²) in [6.07, 6.45) is 7.22. The minimum Gasteiger partial charge on any atom is -0.480 e. The van der Waals surface area contributed by atoms with Crippen molar-refractivity contribution in [3.05, 3.63) is 33.9 Å². The first-order chi connectivity index (χ1) is 22.8. The Hall–Kier alpha value is -3.43. The number of nitrogens with one attached hydrogen (secondary N) is 1. The fourth-order valence-electron chi connectivity index (χ4n) is 8.66. The van der Waals surface area contributed by atoms with Crippen molar-refractivity contribution in [2.24, 2.45) is 34.5 Å². The molecule has 4 aliphatic carbocycles. The molecule has 0 heterocycles. The largest absolute Gasteiger partial charge is 0.480 e. The van der Waals surface area contributed by atoms with Gasteiger partial charge >= 0.3 is 11.9 Å². The summed E-state index contributed by atoms with van der Waals surface area (Å²) in [6.45, 7) is 5.91. The van der Waals surface area contributed by atoms with E-state index >= 15 is 4.39 Å². The summed E-state index contributed by atoms with van der Waals surface area (Å²) in [6, 6.07) is -1.55. The first-order valence-corrected chi connectivity index (χ1v) is 16.9. The van der Waals surface area contributed by atoms with Gasteiger partial charge in [-0.2, -0.15) is 0 Å². The van der Waals surface area contributed by atoms with Crippen molar-refractivity contribution in [1.29, 1.82) is 0 Å². The number of carboxylic acids is 1. The molecule has 3 fully saturated rings. The second-order valence-corrected chi connectivity index (χ2v) is 14.6. The zero-order chi connectivity index (χ0) is 36.7. The average Bonchev–Trinajstić information content (AvgIpc) is 3.32. The molecule has 0 aliphatic heterocycles. The summed E-state index contributed by atoms with van der Waals surface area (Å²) in [5, 5.41) is 48.6. The maximum atomic E-state index is 15.5. The molecule has 0 saturated heterocycles. The van der Waals surface area contributed by atoms with Crippen molar-refractivity contribution in [3.63, 3.8) is 0 Å². The van der Waals surface area contributed by atoms with Crippen molar-refractivity contribution in [2.75, 3.05) is 13.2 Å². The number of carbonyl (C=O) groups is 4. The highest BCUT2D eigenvalue weighted by molar-refractivity contribution is 5.89. The third-order valence-corrected chi connectivity index (χ3v) is 10.5. The van der Waals surface area contributed by atoms with Crippen LogP contribution in [0, 0.1) is 44.6 Å². The van der Waals surface area contributed by atoms with E-state index in [2.05, 4.69) is 10.2 Å². The number of esters is 1. The van der Waals surface area contributed by atoms with Gasteiger partial charge in [0.1, 0.15) is 18.8 Å². The van der Waals surface area contributed by atoms with Crippen LogP contribution in [0.2, 0.25) is 0 Å². The number of aliphatic hydroxyl groups is 3.